The number of nitriles is 1. The van der Waals surface area contributed by atoms with Crippen molar-refractivity contribution >= 4 is 0 Å². The zero-order valence-corrected chi connectivity index (χ0v) is 8.13. The third-order valence-corrected chi connectivity index (χ3v) is 2.71. The summed E-state index contributed by atoms with van der Waals surface area (Å²) in [6.07, 6.45) is 7.82. The lowest BCUT2D eigenvalue weighted by atomic mass is 9.96. The maximum atomic E-state index is 8.97. The van der Waals surface area contributed by atoms with Crippen LogP contribution in [0.25, 0.3) is 0 Å². The summed E-state index contributed by atoms with van der Waals surface area (Å²) in [6, 6.07) is 2.80. The average Bonchev–Trinajstić information content (AvgIpc) is 2.39. The Morgan fingerprint density at radius 2 is 2.15 bits per heavy atom. The Morgan fingerprint density at radius 3 is 2.85 bits per heavy atom. The molecular formula is C11H18N2. The SMILES string of the molecule is C=CCNC1CCCCCC1C#N. The van der Waals surface area contributed by atoms with Crippen LogP contribution in [0.4, 0.5) is 0 Å². The van der Waals surface area contributed by atoms with Gasteiger partial charge in [-0.05, 0) is 12.8 Å². The number of nitrogens with one attached hydrogen (secondary N) is 1. The molecule has 0 aromatic rings. The van der Waals surface area contributed by atoms with E-state index in [-0.39, 0.29) is 5.92 Å². The average molecular weight is 178 g/mol. The van der Waals surface area contributed by atoms with Crippen LogP contribution in [0.15, 0.2) is 12.7 Å². The largest absolute Gasteiger partial charge is 0.309 e. The van der Waals surface area contributed by atoms with Crippen molar-refractivity contribution in [2.75, 3.05) is 6.54 Å². The molecule has 0 bridgehead atoms. The van der Waals surface area contributed by atoms with Gasteiger partial charge in [0, 0.05) is 12.6 Å². The molecule has 2 nitrogen and oxygen atoms in total. The zero-order valence-electron chi connectivity index (χ0n) is 8.13. The van der Waals surface area contributed by atoms with E-state index in [0.717, 1.165) is 19.4 Å². The van der Waals surface area contributed by atoms with Gasteiger partial charge < -0.3 is 5.32 Å². The highest BCUT2D eigenvalue weighted by Gasteiger charge is 2.22. The van der Waals surface area contributed by atoms with E-state index in [2.05, 4.69) is 18.0 Å². The molecule has 72 valence electrons. The highest BCUT2D eigenvalue weighted by atomic mass is 14.9. The van der Waals surface area contributed by atoms with E-state index < -0.39 is 0 Å². The first-order chi connectivity index (χ1) is 6.38. The molecule has 2 heteroatoms. The van der Waals surface area contributed by atoms with Crippen LogP contribution in [0.1, 0.15) is 32.1 Å². The van der Waals surface area contributed by atoms with Gasteiger partial charge in [0.2, 0.25) is 0 Å². The molecule has 0 saturated heterocycles. The van der Waals surface area contributed by atoms with Crippen LogP contribution in [-0.4, -0.2) is 12.6 Å². The Kier molecular flexibility index (Phi) is 4.56. The van der Waals surface area contributed by atoms with Crippen LogP contribution >= 0.6 is 0 Å². The normalized spacial score (nSPS) is 28.8. The van der Waals surface area contributed by atoms with Gasteiger partial charge in [-0.25, -0.2) is 0 Å². The molecule has 0 spiro atoms. The van der Waals surface area contributed by atoms with Gasteiger partial charge in [-0.3, -0.25) is 0 Å². The first-order valence-electron chi connectivity index (χ1n) is 5.12. The van der Waals surface area contributed by atoms with E-state index in [9.17, 15) is 0 Å². The van der Waals surface area contributed by atoms with Gasteiger partial charge in [0.25, 0.3) is 0 Å². The van der Waals surface area contributed by atoms with E-state index >= 15 is 0 Å². The van der Waals surface area contributed by atoms with Gasteiger partial charge in [0.15, 0.2) is 0 Å². The van der Waals surface area contributed by atoms with Crippen LogP contribution in [0, 0.1) is 17.2 Å². The molecule has 1 N–H and O–H groups in total. The Morgan fingerprint density at radius 1 is 1.38 bits per heavy atom. The fourth-order valence-electron chi connectivity index (χ4n) is 1.94. The summed E-state index contributed by atoms with van der Waals surface area (Å²) in [5, 5.41) is 12.3. The van der Waals surface area contributed by atoms with Crippen molar-refractivity contribution < 1.29 is 0 Å². The molecule has 2 unspecified atom stereocenters. The van der Waals surface area contributed by atoms with E-state index in [1.165, 1.54) is 19.3 Å². The highest BCUT2D eigenvalue weighted by molar-refractivity contribution is 4.94. The van der Waals surface area contributed by atoms with E-state index in [4.69, 9.17) is 5.26 Å². The molecule has 0 aliphatic heterocycles. The number of nitrogens with zero attached hydrogens (tertiary/aromatic N) is 1. The van der Waals surface area contributed by atoms with Gasteiger partial charge in [-0.15, -0.1) is 6.58 Å². The van der Waals surface area contributed by atoms with Crippen LogP contribution < -0.4 is 5.32 Å². The van der Waals surface area contributed by atoms with E-state index in [0.29, 0.717) is 6.04 Å². The molecule has 0 heterocycles. The number of rotatable bonds is 3. The van der Waals surface area contributed by atoms with E-state index in [1.807, 2.05) is 6.08 Å². The summed E-state index contributed by atoms with van der Waals surface area (Å²) in [5.74, 6) is 0.211. The third-order valence-electron chi connectivity index (χ3n) is 2.71. The van der Waals surface area contributed by atoms with Crippen LogP contribution in [0.3, 0.4) is 0 Å². The first-order valence-corrected chi connectivity index (χ1v) is 5.12. The maximum absolute atomic E-state index is 8.97. The minimum Gasteiger partial charge on any atom is -0.309 e. The molecule has 0 amide bonds. The second kappa shape index (κ2) is 5.77. The molecule has 1 aliphatic carbocycles. The molecule has 1 aliphatic rings. The smallest absolute Gasteiger partial charge is 0.0672 e. The fraction of sp³-hybridized carbons (Fsp3) is 0.727. The Bertz CT molecular complexity index is 193. The van der Waals surface area contributed by atoms with Crippen molar-refractivity contribution in [1.82, 2.24) is 5.32 Å². The Balaban J connectivity index is 2.45. The quantitative estimate of drug-likeness (QED) is 0.531. The summed E-state index contributed by atoms with van der Waals surface area (Å²) in [7, 11) is 0. The monoisotopic (exact) mass is 178 g/mol. The van der Waals surface area contributed by atoms with Gasteiger partial charge in [-0.1, -0.05) is 25.3 Å². The fourth-order valence-corrected chi connectivity index (χ4v) is 1.94. The molecule has 1 saturated carbocycles. The number of hydrogen-bond acceptors (Lipinski definition) is 2. The molecule has 2 atom stereocenters. The minimum atomic E-state index is 0.211. The van der Waals surface area contributed by atoms with Crippen molar-refractivity contribution in [2.24, 2.45) is 5.92 Å². The van der Waals surface area contributed by atoms with Gasteiger partial charge in [0.1, 0.15) is 0 Å². The molecule has 13 heavy (non-hydrogen) atoms. The summed E-state index contributed by atoms with van der Waals surface area (Å²) in [6.45, 7) is 4.50. The van der Waals surface area contributed by atoms with Crippen molar-refractivity contribution in [3.8, 4) is 6.07 Å². The molecule has 0 aromatic heterocycles. The summed E-state index contributed by atoms with van der Waals surface area (Å²) in [4.78, 5) is 0. The molecule has 0 radical (unpaired) electrons. The third kappa shape index (κ3) is 3.20. The minimum absolute atomic E-state index is 0.211. The van der Waals surface area contributed by atoms with Crippen molar-refractivity contribution in [3.05, 3.63) is 12.7 Å². The maximum Gasteiger partial charge on any atom is 0.0672 e. The topological polar surface area (TPSA) is 35.8 Å². The molecule has 1 rings (SSSR count). The van der Waals surface area contributed by atoms with Gasteiger partial charge >= 0.3 is 0 Å². The van der Waals surface area contributed by atoms with Gasteiger partial charge in [0.05, 0.1) is 12.0 Å². The predicted molar refractivity (Wildman–Crippen MR) is 54.2 cm³/mol. The highest BCUT2D eigenvalue weighted by Crippen LogP contribution is 2.22. The zero-order chi connectivity index (χ0) is 9.52. The van der Waals surface area contributed by atoms with Crippen LogP contribution in [-0.2, 0) is 0 Å². The number of hydrogen-bond donors (Lipinski definition) is 1. The predicted octanol–water partition coefficient (Wildman–Crippen LogP) is 2.23. The molecule has 1 fully saturated rings. The van der Waals surface area contributed by atoms with Gasteiger partial charge in [-0.2, -0.15) is 5.26 Å². The van der Waals surface area contributed by atoms with Crippen molar-refractivity contribution in [3.63, 3.8) is 0 Å². The first kappa shape index (κ1) is 10.3. The lowest BCUT2D eigenvalue weighted by Crippen LogP contribution is -2.34. The van der Waals surface area contributed by atoms with Crippen molar-refractivity contribution in [2.45, 2.75) is 38.1 Å². The van der Waals surface area contributed by atoms with Crippen LogP contribution in [0.2, 0.25) is 0 Å². The van der Waals surface area contributed by atoms with Crippen molar-refractivity contribution in [1.29, 1.82) is 5.26 Å². The molecular weight excluding hydrogens is 160 g/mol. The standard InChI is InChI=1S/C11H18N2/c1-2-8-13-11-7-5-3-4-6-10(11)9-12/h2,10-11,13H,1,3-8H2. The second-order valence-electron chi connectivity index (χ2n) is 3.68. The lowest BCUT2D eigenvalue weighted by Gasteiger charge is -2.19. The van der Waals surface area contributed by atoms with E-state index in [1.54, 1.807) is 0 Å². The van der Waals surface area contributed by atoms with Crippen LogP contribution in [0.5, 0.6) is 0 Å². The Hall–Kier alpha value is -0.810. The Labute approximate surface area is 80.6 Å². The second-order valence-corrected chi connectivity index (χ2v) is 3.68. The summed E-state index contributed by atoms with van der Waals surface area (Å²) < 4.78 is 0. The molecule has 0 aromatic carbocycles. The lowest BCUT2D eigenvalue weighted by molar-refractivity contribution is 0.410. The summed E-state index contributed by atoms with van der Waals surface area (Å²) >= 11 is 0. The summed E-state index contributed by atoms with van der Waals surface area (Å²) in [5.41, 5.74) is 0.